The third-order valence-electron chi connectivity index (χ3n) is 3.59. The van der Waals surface area contributed by atoms with Gasteiger partial charge in [-0.05, 0) is 18.6 Å². The van der Waals surface area contributed by atoms with E-state index >= 15 is 0 Å². The number of fused-ring (bicyclic) bond motifs is 1. The van der Waals surface area contributed by atoms with Gasteiger partial charge in [0.2, 0.25) is 0 Å². The molecule has 7 nitrogen and oxygen atoms in total. The molecule has 2 heterocycles. The minimum absolute atomic E-state index is 0.475. The van der Waals surface area contributed by atoms with Crippen molar-refractivity contribution in [1.29, 1.82) is 0 Å². The van der Waals surface area contributed by atoms with Crippen LogP contribution in [0.2, 0.25) is 0 Å². The van der Waals surface area contributed by atoms with Crippen LogP contribution in [-0.4, -0.2) is 35.2 Å². The second-order valence-electron chi connectivity index (χ2n) is 5.26. The predicted molar refractivity (Wildman–Crippen MR) is 96.5 cm³/mol. The number of nitrogens with zero attached hydrogens (tertiary/aromatic N) is 3. The average Bonchev–Trinajstić information content (AvgIpc) is 2.62. The van der Waals surface area contributed by atoms with E-state index in [1.165, 1.54) is 6.33 Å². The Labute approximate surface area is 140 Å². The van der Waals surface area contributed by atoms with Gasteiger partial charge in [0.05, 0.1) is 11.2 Å². The molecule has 3 rings (SSSR count). The Kier molecular flexibility index (Phi) is 5.02. The number of nitrogen functional groups attached to an aromatic ring is 1. The molecule has 0 atom stereocenters. The Bertz CT molecular complexity index is 818. The van der Waals surface area contributed by atoms with Gasteiger partial charge in [0.15, 0.2) is 11.6 Å². The molecule has 0 radical (unpaired) electrons. The molecule has 0 aliphatic rings. The van der Waals surface area contributed by atoms with Crippen molar-refractivity contribution in [2.45, 2.75) is 6.42 Å². The van der Waals surface area contributed by atoms with Gasteiger partial charge in [-0.25, -0.2) is 9.97 Å². The van der Waals surface area contributed by atoms with E-state index in [0.29, 0.717) is 23.9 Å². The highest BCUT2D eigenvalue weighted by Gasteiger charge is 2.10. The highest BCUT2D eigenvalue weighted by atomic mass is 16.5. The normalized spacial score (nSPS) is 10.7. The molecule has 7 heteroatoms. The lowest BCUT2D eigenvalue weighted by Crippen LogP contribution is -2.10. The standard InChI is InChI=1S/C17H20N6O/c1-24-10-4-9-20-16-14(18)17(22-11-21-16)23-13-7-2-5-12-6-3-8-19-15(12)13/h2-3,5-8,11H,4,9-10,18H2,1H3,(H2,20,21,22,23). The first-order chi connectivity index (χ1) is 11.8. The molecule has 2 aromatic heterocycles. The first-order valence-electron chi connectivity index (χ1n) is 7.73. The number of nitrogens with two attached hydrogens (primary N) is 1. The molecule has 0 aliphatic carbocycles. The highest BCUT2D eigenvalue weighted by Crippen LogP contribution is 2.28. The van der Waals surface area contributed by atoms with Gasteiger partial charge in [-0.15, -0.1) is 0 Å². The molecule has 24 heavy (non-hydrogen) atoms. The summed E-state index contributed by atoms with van der Waals surface area (Å²) in [6, 6.07) is 9.85. The molecule has 0 saturated heterocycles. The number of rotatable bonds is 7. The van der Waals surface area contributed by atoms with Gasteiger partial charge >= 0.3 is 0 Å². The van der Waals surface area contributed by atoms with Crippen LogP contribution < -0.4 is 16.4 Å². The zero-order chi connectivity index (χ0) is 16.8. The highest BCUT2D eigenvalue weighted by molar-refractivity contribution is 5.93. The fraction of sp³-hybridized carbons (Fsp3) is 0.235. The summed E-state index contributed by atoms with van der Waals surface area (Å²) in [5.74, 6) is 1.16. The maximum Gasteiger partial charge on any atom is 0.159 e. The van der Waals surface area contributed by atoms with Crippen LogP contribution in [0.15, 0.2) is 42.9 Å². The summed E-state index contributed by atoms with van der Waals surface area (Å²) in [5.41, 5.74) is 8.38. The van der Waals surface area contributed by atoms with Crippen molar-refractivity contribution >= 4 is 33.9 Å². The van der Waals surface area contributed by atoms with E-state index < -0.39 is 0 Å². The van der Waals surface area contributed by atoms with Crippen LogP contribution in [0.1, 0.15) is 6.42 Å². The maximum absolute atomic E-state index is 6.19. The SMILES string of the molecule is COCCCNc1ncnc(Nc2cccc3cccnc23)c1N. The van der Waals surface area contributed by atoms with Crippen LogP contribution in [0.3, 0.4) is 0 Å². The van der Waals surface area contributed by atoms with Gasteiger partial charge in [-0.2, -0.15) is 0 Å². The number of ether oxygens (including phenoxy) is 1. The average molecular weight is 324 g/mol. The zero-order valence-corrected chi connectivity index (χ0v) is 13.5. The number of methoxy groups -OCH3 is 1. The lowest BCUT2D eigenvalue weighted by Gasteiger charge is -2.13. The second kappa shape index (κ2) is 7.56. The molecule has 0 unspecified atom stereocenters. The molecular weight excluding hydrogens is 304 g/mol. The van der Waals surface area contributed by atoms with Gasteiger partial charge in [0.1, 0.15) is 12.0 Å². The number of hydrogen-bond donors (Lipinski definition) is 3. The molecule has 0 spiro atoms. The van der Waals surface area contributed by atoms with Gasteiger partial charge in [-0.3, -0.25) is 4.98 Å². The smallest absolute Gasteiger partial charge is 0.159 e. The number of anilines is 4. The summed E-state index contributed by atoms with van der Waals surface area (Å²) in [7, 11) is 1.68. The van der Waals surface area contributed by atoms with Gasteiger partial charge < -0.3 is 21.1 Å². The Morgan fingerprint density at radius 2 is 1.92 bits per heavy atom. The summed E-state index contributed by atoms with van der Waals surface area (Å²) >= 11 is 0. The van der Waals surface area contributed by atoms with E-state index in [2.05, 4.69) is 25.6 Å². The summed E-state index contributed by atoms with van der Waals surface area (Å²) in [5, 5.41) is 7.50. The number of para-hydroxylation sites is 1. The van der Waals surface area contributed by atoms with E-state index in [9.17, 15) is 0 Å². The maximum atomic E-state index is 6.19. The van der Waals surface area contributed by atoms with Gasteiger partial charge in [0.25, 0.3) is 0 Å². The molecule has 0 saturated carbocycles. The first kappa shape index (κ1) is 15.9. The fourth-order valence-corrected chi connectivity index (χ4v) is 2.39. The first-order valence-corrected chi connectivity index (χ1v) is 7.73. The second-order valence-corrected chi connectivity index (χ2v) is 5.26. The zero-order valence-electron chi connectivity index (χ0n) is 13.5. The number of benzene rings is 1. The molecule has 0 bridgehead atoms. The van der Waals surface area contributed by atoms with E-state index in [0.717, 1.165) is 29.6 Å². The number of pyridine rings is 1. The largest absolute Gasteiger partial charge is 0.393 e. The van der Waals surface area contributed by atoms with Crippen molar-refractivity contribution in [3.05, 3.63) is 42.9 Å². The third-order valence-corrected chi connectivity index (χ3v) is 3.59. The Balaban J connectivity index is 1.82. The Morgan fingerprint density at radius 1 is 1.08 bits per heavy atom. The minimum atomic E-state index is 0.475. The molecular formula is C17H20N6O. The van der Waals surface area contributed by atoms with E-state index in [4.69, 9.17) is 10.5 Å². The van der Waals surface area contributed by atoms with Crippen molar-refractivity contribution < 1.29 is 4.74 Å². The summed E-state index contributed by atoms with van der Waals surface area (Å²) in [4.78, 5) is 12.9. The Morgan fingerprint density at radius 3 is 2.79 bits per heavy atom. The van der Waals surface area contributed by atoms with Crippen LogP contribution in [0.25, 0.3) is 10.9 Å². The summed E-state index contributed by atoms with van der Waals surface area (Å²) in [6.07, 6.45) is 4.12. The lowest BCUT2D eigenvalue weighted by molar-refractivity contribution is 0.198. The summed E-state index contributed by atoms with van der Waals surface area (Å²) < 4.78 is 5.03. The Hall–Kier alpha value is -2.93. The van der Waals surface area contributed by atoms with E-state index in [-0.39, 0.29) is 0 Å². The van der Waals surface area contributed by atoms with Crippen LogP contribution in [0, 0.1) is 0 Å². The van der Waals surface area contributed by atoms with Gasteiger partial charge in [-0.1, -0.05) is 18.2 Å². The van der Waals surface area contributed by atoms with Crippen molar-refractivity contribution in [3.8, 4) is 0 Å². The number of hydrogen-bond acceptors (Lipinski definition) is 7. The molecule has 1 aromatic carbocycles. The fourth-order valence-electron chi connectivity index (χ4n) is 2.39. The van der Waals surface area contributed by atoms with E-state index in [1.807, 2.05) is 30.3 Å². The third kappa shape index (κ3) is 3.52. The lowest BCUT2D eigenvalue weighted by atomic mass is 10.2. The number of aromatic nitrogens is 3. The van der Waals surface area contributed by atoms with Crippen LogP contribution in [-0.2, 0) is 4.74 Å². The van der Waals surface area contributed by atoms with Crippen LogP contribution >= 0.6 is 0 Å². The topological polar surface area (TPSA) is 98.0 Å². The quantitative estimate of drug-likeness (QED) is 0.575. The molecule has 0 aliphatic heterocycles. The van der Waals surface area contributed by atoms with Crippen molar-refractivity contribution in [2.24, 2.45) is 0 Å². The summed E-state index contributed by atoms with van der Waals surface area (Å²) in [6.45, 7) is 1.41. The predicted octanol–water partition coefficient (Wildman–Crippen LogP) is 2.80. The molecule has 0 fully saturated rings. The van der Waals surface area contributed by atoms with Crippen molar-refractivity contribution in [1.82, 2.24) is 15.0 Å². The molecule has 3 aromatic rings. The van der Waals surface area contributed by atoms with E-state index in [1.54, 1.807) is 13.3 Å². The molecule has 0 amide bonds. The van der Waals surface area contributed by atoms with Crippen molar-refractivity contribution in [2.75, 3.05) is 36.6 Å². The minimum Gasteiger partial charge on any atom is -0.393 e. The molecule has 124 valence electrons. The number of nitrogens with one attached hydrogen (secondary N) is 2. The van der Waals surface area contributed by atoms with Crippen LogP contribution in [0.5, 0.6) is 0 Å². The van der Waals surface area contributed by atoms with Crippen molar-refractivity contribution in [3.63, 3.8) is 0 Å². The van der Waals surface area contributed by atoms with Gasteiger partial charge in [0, 0.05) is 31.8 Å². The van der Waals surface area contributed by atoms with Crippen LogP contribution in [0.4, 0.5) is 23.0 Å². The monoisotopic (exact) mass is 324 g/mol. The molecule has 4 N–H and O–H groups in total.